The van der Waals surface area contributed by atoms with E-state index in [2.05, 4.69) is 26.2 Å². The van der Waals surface area contributed by atoms with Crippen LogP contribution in [-0.2, 0) is 4.74 Å². The van der Waals surface area contributed by atoms with Crippen molar-refractivity contribution in [2.45, 2.75) is 32.8 Å². The van der Waals surface area contributed by atoms with Gasteiger partial charge in [-0.05, 0) is 32.8 Å². The highest BCUT2D eigenvalue weighted by molar-refractivity contribution is 5.93. The molecule has 8 nitrogen and oxygen atoms in total. The summed E-state index contributed by atoms with van der Waals surface area (Å²) in [7, 11) is 0. The van der Waals surface area contributed by atoms with Crippen molar-refractivity contribution in [2.24, 2.45) is 0 Å². The van der Waals surface area contributed by atoms with Gasteiger partial charge in [-0.3, -0.25) is 5.10 Å². The number of nitrogens with one attached hydrogen (secondary N) is 1. The molecule has 1 amide bonds. The summed E-state index contributed by atoms with van der Waals surface area (Å²) in [4.78, 5) is 22.1. The van der Waals surface area contributed by atoms with Crippen LogP contribution in [0.3, 0.4) is 0 Å². The molecule has 122 valence electrons. The van der Waals surface area contributed by atoms with Gasteiger partial charge in [0.15, 0.2) is 5.82 Å². The Kier molecular flexibility index (Phi) is 3.67. The van der Waals surface area contributed by atoms with E-state index < -0.39 is 5.60 Å². The zero-order valence-corrected chi connectivity index (χ0v) is 13.5. The summed E-state index contributed by atoms with van der Waals surface area (Å²) in [6.45, 7) is 6.61. The van der Waals surface area contributed by atoms with E-state index in [1.54, 1.807) is 4.90 Å². The molecule has 0 unspecified atom stereocenters. The number of ether oxygens (including phenoxy) is 1. The molecule has 1 aliphatic rings. The number of fused-ring (bicyclic) bond motifs is 1. The Morgan fingerprint density at radius 2 is 2.17 bits per heavy atom. The molecule has 8 heteroatoms. The summed E-state index contributed by atoms with van der Waals surface area (Å²) < 4.78 is 5.44. The zero-order valence-electron chi connectivity index (χ0n) is 13.5. The highest BCUT2D eigenvalue weighted by Crippen LogP contribution is 2.26. The van der Waals surface area contributed by atoms with Crippen LogP contribution in [-0.4, -0.2) is 49.8 Å². The molecule has 0 saturated heterocycles. The van der Waals surface area contributed by atoms with Crippen LogP contribution in [0.15, 0.2) is 12.4 Å². The van der Waals surface area contributed by atoms with Gasteiger partial charge in [0.05, 0.1) is 6.54 Å². The molecule has 2 aromatic rings. The molecule has 3 N–H and O–H groups in total. The van der Waals surface area contributed by atoms with Crippen LogP contribution in [0.1, 0.15) is 32.9 Å². The Balaban J connectivity index is 1.85. The number of nitrogens with two attached hydrogens (primary N) is 1. The fourth-order valence-electron chi connectivity index (χ4n) is 2.48. The van der Waals surface area contributed by atoms with Crippen molar-refractivity contribution in [1.29, 1.82) is 0 Å². The maximum Gasteiger partial charge on any atom is 0.410 e. The van der Waals surface area contributed by atoms with Crippen LogP contribution in [0.4, 0.5) is 10.6 Å². The quantitative estimate of drug-likeness (QED) is 0.832. The number of hydrogen-bond donors (Lipinski definition) is 2. The first kappa shape index (κ1) is 15.3. The molecular formula is C15H20N6O2. The number of carbonyl (C=O) groups excluding carboxylic acids is 1. The predicted molar refractivity (Wildman–Crippen MR) is 86.5 cm³/mol. The number of rotatable bonds is 1. The maximum absolute atomic E-state index is 12.2. The van der Waals surface area contributed by atoms with Crippen molar-refractivity contribution in [3.8, 4) is 0 Å². The third-order valence-corrected chi connectivity index (χ3v) is 3.49. The summed E-state index contributed by atoms with van der Waals surface area (Å²) in [6, 6.07) is 0. The minimum absolute atomic E-state index is 0.322. The van der Waals surface area contributed by atoms with Crippen molar-refractivity contribution >= 4 is 28.5 Å². The summed E-state index contributed by atoms with van der Waals surface area (Å²) in [5.41, 5.74) is 8.19. The number of nitrogen functional groups attached to an aromatic ring is 1. The molecule has 23 heavy (non-hydrogen) atoms. The lowest BCUT2D eigenvalue weighted by molar-refractivity contribution is 0.0273. The molecule has 0 aromatic carbocycles. The molecule has 0 spiro atoms. The Hall–Kier alpha value is -2.64. The number of hydrogen-bond acceptors (Lipinski definition) is 6. The first-order valence-corrected chi connectivity index (χ1v) is 7.47. The Morgan fingerprint density at radius 3 is 2.91 bits per heavy atom. The minimum Gasteiger partial charge on any atom is -0.444 e. The van der Waals surface area contributed by atoms with E-state index in [0.717, 1.165) is 12.0 Å². The third-order valence-electron chi connectivity index (χ3n) is 3.49. The summed E-state index contributed by atoms with van der Waals surface area (Å²) in [5.74, 6) is 0.356. The van der Waals surface area contributed by atoms with Gasteiger partial charge in [0.2, 0.25) is 0 Å². The molecular weight excluding hydrogens is 296 g/mol. The number of amides is 1. The average Bonchev–Trinajstić information content (AvgIpc) is 2.91. The zero-order chi connectivity index (χ0) is 16.6. The lowest BCUT2D eigenvalue weighted by Crippen LogP contribution is -2.39. The van der Waals surface area contributed by atoms with Crippen molar-refractivity contribution in [3.63, 3.8) is 0 Å². The van der Waals surface area contributed by atoms with Gasteiger partial charge in [0.1, 0.15) is 28.7 Å². The number of anilines is 1. The van der Waals surface area contributed by atoms with E-state index in [1.807, 2.05) is 20.8 Å². The van der Waals surface area contributed by atoms with Crippen LogP contribution in [0.25, 0.3) is 16.6 Å². The second kappa shape index (κ2) is 5.53. The van der Waals surface area contributed by atoms with E-state index in [0.29, 0.717) is 35.6 Å². The van der Waals surface area contributed by atoms with E-state index in [9.17, 15) is 4.79 Å². The van der Waals surface area contributed by atoms with Gasteiger partial charge in [0.25, 0.3) is 0 Å². The van der Waals surface area contributed by atoms with Crippen molar-refractivity contribution in [1.82, 2.24) is 25.1 Å². The van der Waals surface area contributed by atoms with Gasteiger partial charge in [-0.25, -0.2) is 14.8 Å². The van der Waals surface area contributed by atoms with Crippen LogP contribution in [0.2, 0.25) is 0 Å². The number of aromatic amines is 1. The molecule has 0 saturated carbocycles. The highest BCUT2D eigenvalue weighted by Gasteiger charge is 2.26. The van der Waals surface area contributed by atoms with Crippen molar-refractivity contribution in [3.05, 3.63) is 18.1 Å². The van der Waals surface area contributed by atoms with Crippen molar-refractivity contribution in [2.75, 3.05) is 18.8 Å². The van der Waals surface area contributed by atoms with E-state index in [-0.39, 0.29) is 6.09 Å². The fourth-order valence-corrected chi connectivity index (χ4v) is 2.48. The predicted octanol–water partition coefficient (Wildman–Crippen LogP) is 1.96. The number of carbonyl (C=O) groups is 1. The lowest BCUT2D eigenvalue weighted by atomic mass is 10.1. The van der Waals surface area contributed by atoms with E-state index in [4.69, 9.17) is 10.5 Å². The smallest absolute Gasteiger partial charge is 0.410 e. The SMILES string of the molecule is CC(C)(C)OC(=O)N1CCC=C(c2n[nH]c3c(N)ncnc23)C1. The minimum atomic E-state index is -0.515. The topological polar surface area (TPSA) is 110 Å². The van der Waals surface area contributed by atoms with Gasteiger partial charge >= 0.3 is 6.09 Å². The Labute approximate surface area is 133 Å². The largest absolute Gasteiger partial charge is 0.444 e. The summed E-state index contributed by atoms with van der Waals surface area (Å²) in [5, 5.41) is 7.15. The summed E-state index contributed by atoms with van der Waals surface area (Å²) in [6.07, 6.45) is 3.89. The van der Waals surface area contributed by atoms with Gasteiger partial charge in [-0.15, -0.1) is 0 Å². The number of nitrogens with zero attached hydrogens (tertiary/aromatic N) is 4. The van der Waals surface area contributed by atoms with E-state index in [1.165, 1.54) is 6.33 Å². The second-order valence-electron chi connectivity index (χ2n) is 6.47. The van der Waals surface area contributed by atoms with Crippen LogP contribution < -0.4 is 5.73 Å². The summed E-state index contributed by atoms with van der Waals surface area (Å²) >= 11 is 0. The first-order chi connectivity index (χ1) is 10.8. The van der Waals surface area contributed by atoms with Gasteiger partial charge in [0, 0.05) is 6.54 Å². The molecule has 0 bridgehead atoms. The van der Waals surface area contributed by atoms with Crippen LogP contribution in [0, 0.1) is 0 Å². The molecule has 0 fully saturated rings. The highest BCUT2D eigenvalue weighted by atomic mass is 16.6. The standard InChI is InChI=1S/C15H20N6O2/c1-15(2,3)23-14(22)21-6-4-5-9(7-21)10-11-12(20-19-10)13(16)18-8-17-11/h5,8H,4,6-7H2,1-3H3,(H,19,20)(H2,16,17,18). The second-order valence-corrected chi connectivity index (χ2v) is 6.47. The third kappa shape index (κ3) is 3.10. The molecule has 2 aromatic heterocycles. The van der Waals surface area contributed by atoms with Gasteiger partial charge in [-0.2, -0.15) is 5.10 Å². The van der Waals surface area contributed by atoms with Crippen molar-refractivity contribution < 1.29 is 9.53 Å². The average molecular weight is 316 g/mol. The molecule has 1 aliphatic heterocycles. The molecule has 0 aliphatic carbocycles. The van der Waals surface area contributed by atoms with E-state index >= 15 is 0 Å². The normalized spacial score (nSPS) is 15.6. The molecule has 3 rings (SSSR count). The fraction of sp³-hybridized carbons (Fsp3) is 0.467. The number of H-pyrrole nitrogens is 1. The molecule has 3 heterocycles. The Bertz CT molecular complexity index is 774. The van der Waals surface area contributed by atoms with Gasteiger partial charge in [-0.1, -0.05) is 6.08 Å². The Morgan fingerprint density at radius 1 is 1.39 bits per heavy atom. The monoisotopic (exact) mass is 316 g/mol. The number of aromatic nitrogens is 4. The lowest BCUT2D eigenvalue weighted by Gasteiger charge is -2.29. The maximum atomic E-state index is 12.2. The van der Waals surface area contributed by atoms with Crippen LogP contribution >= 0.6 is 0 Å². The molecule has 0 atom stereocenters. The molecule has 0 radical (unpaired) electrons. The van der Waals surface area contributed by atoms with Crippen LogP contribution in [0.5, 0.6) is 0 Å². The first-order valence-electron chi connectivity index (χ1n) is 7.47. The van der Waals surface area contributed by atoms with Gasteiger partial charge < -0.3 is 15.4 Å².